The molecule has 0 radical (unpaired) electrons. The summed E-state index contributed by atoms with van der Waals surface area (Å²) in [4.78, 5) is 1.33. The Morgan fingerprint density at radius 1 is 1.73 bits per heavy atom. The second-order valence-corrected chi connectivity index (χ2v) is 3.13. The van der Waals surface area contributed by atoms with Crippen molar-refractivity contribution in [2.45, 2.75) is 0 Å². The number of hydrogen-bond donors (Lipinski definition) is 1. The molecule has 0 aliphatic heterocycles. The fourth-order valence-electron chi connectivity index (χ4n) is 0.886. The molecule has 1 aromatic heterocycles. The third-order valence-electron chi connectivity index (χ3n) is 1.53. The number of nitrogens with zero attached hydrogens (tertiary/aromatic N) is 3. The summed E-state index contributed by atoms with van der Waals surface area (Å²) >= 11 is 2.04. The van der Waals surface area contributed by atoms with E-state index in [1.54, 1.807) is 16.2 Å². The van der Waals surface area contributed by atoms with Crippen molar-refractivity contribution < 1.29 is 9.58 Å². The summed E-state index contributed by atoms with van der Waals surface area (Å²) in [5.41, 5.74) is 0. The molecule has 0 amide bonds. The second kappa shape index (κ2) is 5.49. The van der Waals surface area contributed by atoms with Crippen LogP contribution in [0.1, 0.15) is 0 Å². The molecule has 0 fully saturated rings. The van der Waals surface area contributed by atoms with Gasteiger partial charge in [-0.1, -0.05) is 28.7 Å². The van der Waals surface area contributed by atoms with Crippen LogP contribution in [0, 0.1) is 10.6 Å². The van der Waals surface area contributed by atoms with Crippen LogP contribution in [0.15, 0.2) is 34.4 Å². The van der Waals surface area contributed by atoms with Crippen LogP contribution in [-0.4, -0.2) is 22.8 Å². The number of allylic oxidation sites excluding steroid dienone is 3. The highest BCUT2D eigenvalue weighted by atomic mass is 127. The molecule has 0 aliphatic rings. The van der Waals surface area contributed by atoms with Crippen molar-refractivity contribution in [2.24, 2.45) is 0 Å². The fourth-order valence-corrected chi connectivity index (χ4v) is 1.09. The number of methoxy groups -OCH3 is 1. The zero-order valence-corrected chi connectivity index (χ0v) is 10.1. The Morgan fingerprint density at radius 3 is 2.93 bits per heavy atom. The first-order valence-corrected chi connectivity index (χ1v) is 5.19. The molecule has 0 atom stereocenters. The minimum atomic E-state index is -0.119. The van der Waals surface area contributed by atoms with Crippen molar-refractivity contribution in [3.63, 3.8) is 0 Å². The molecule has 0 unspecified atom stereocenters. The maximum atomic E-state index is 11.1. The van der Waals surface area contributed by atoms with Crippen LogP contribution in [-0.2, 0) is 4.74 Å². The molecule has 0 bridgehead atoms. The molecule has 15 heavy (non-hydrogen) atoms. The molecule has 80 valence electrons. The van der Waals surface area contributed by atoms with E-state index in [2.05, 4.69) is 5.10 Å². The Labute approximate surface area is 100 Å². The maximum absolute atomic E-state index is 11.1. The predicted molar refractivity (Wildman–Crippen MR) is 62.6 cm³/mol. The summed E-state index contributed by atoms with van der Waals surface area (Å²) < 4.78 is 6.72. The van der Waals surface area contributed by atoms with Gasteiger partial charge in [0, 0.05) is 9.90 Å². The van der Waals surface area contributed by atoms with E-state index >= 15 is 0 Å². The molecule has 0 saturated carbocycles. The third kappa shape index (κ3) is 2.78. The zero-order chi connectivity index (χ0) is 11.3. The summed E-state index contributed by atoms with van der Waals surface area (Å²) in [7, 11) is 1.43. The zero-order valence-electron chi connectivity index (χ0n) is 7.92. The monoisotopic (exact) mass is 320 g/mol. The molecular weight excluding hydrogens is 311 g/mol. The van der Waals surface area contributed by atoms with Gasteiger partial charge in [-0.05, 0) is 10.2 Å². The van der Waals surface area contributed by atoms with Crippen molar-refractivity contribution in [1.29, 1.82) is 5.41 Å². The topological polar surface area (TPSA) is 77.8 Å². The van der Waals surface area contributed by atoms with Crippen LogP contribution in [0.25, 0.3) is 0 Å². The molecule has 0 aliphatic carbocycles. The molecule has 1 rings (SSSR count). The van der Waals surface area contributed by atoms with E-state index in [1.807, 2.05) is 22.6 Å². The molecule has 6 nitrogen and oxygen atoms in total. The van der Waals surface area contributed by atoms with Crippen LogP contribution in [0.5, 0.6) is 0 Å². The SMILES string of the molecule is CO/C(=C/C=C\I)C(=N)n1ncc[n+]1[O-]. The summed E-state index contributed by atoms with van der Waals surface area (Å²) in [5, 5.41) is 22.5. The van der Waals surface area contributed by atoms with Gasteiger partial charge in [-0.25, -0.2) is 0 Å². The Kier molecular flexibility index (Phi) is 4.28. The summed E-state index contributed by atoms with van der Waals surface area (Å²) in [5.74, 6) is 0.142. The fraction of sp³-hybridized carbons (Fsp3) is 0.125. The predicted octanol–water partition coefficient (Wildman–Crippen LogP) is 0.821. The number of halogens is 1. The van der Waals surface area contributed by atoms with Gasteiger partial charge in [0.15, 0.2) is 12.0 Å². The van der Waals surface area contributed by atoms with Crippen LogP contribution >= 0.6 is 22.6 Å². The van der Waals surface area contributed by atoms with E-state index < -0.39 is 0 Å². The lowest BCUT2D eigenvalue weighted by Crippen LogP contribution is -2.42. The first-order chi connectivity index (χ1) is 7.20. The summed E-state index contributed by atoms with van der Waals surface area (Å²) in [6.07, 6.45) is 5.79. The van der Waals surface area contributed by atoms with Crippen molar-refractivity contribution in [1.82, 2.24) is 9.90 Å². The summed E-state index contributed by atoms with van der Waals surface area (Å²) in [6.45, 7) is 0. The number of ether oxygens (including phenoxy) is 1. The number of aromatic nitrogens is 3. The molecule has 1 heterocycles. The quantitative estimate of drug-likeness (QED) is 0.170. The Hall–Kier alpha value is -1.38. The van der Waals surface area contributed by atoms with Crippen LogP contribution < -0.4 is 4.85 Å². The molecule has 0 saturated heterocycles. The molecule has 0 spiro atoms. The van der Waals surface area contributed by atoms with Gasteiger partial charge in [0.05, 0.1) is 7.11 Å². The molecule has 7 heteroatoms. The van der Waals surface area contributed by atoms with E-state index in [4.69, 9.17) is 10.1 Å². The van der Waals surface area contributed by atoms with Crippen molar-refractivity contribution >= 4 is 28.4 Å². The lowest BCUT2D eigenvalue weighted by atomic mass is 10.4. The second-order valence-electron chi connectivity index (χ2n) is 2.41. The van der Waals surface area contributed by atoms with Gasteiger partial charge in [0.25, 0.3) is 5.84 Å². The van der Waals surface area contributed by atoms with Gasteiger partial charge >= 0.3 is 0 Å². The van der Waals surface area contributed by atoms with Gasteiger partial charge in [-0.2, -0.15) is 4.85 Å². The molecule has 0 aromatic carbocycles. The van der Waals surface area contributed by atoms with Gasteiger partial charge in [-0.15, -0.1) is 0 Å². The van der Waals surface area contributed by atoms with E-state index in [0.717, 1.165) is 4.80 Å². The van der Waals surface area contributed by atoms with E-state index in [-0.39, 0.29) is 11.6 Å². The van der Waals surface area contributed by atoms with Crippen molar-refractivity contribution in [2.75, 3.05) is 7.11 Å². The lowest BCUT2D eigenvalue weighted by Gasteiger charge is -2.06. The van der Waals surface area contributed by atoms with Crippen LogP contribution in [0.4, 0.5) is 0 Å². The van der Waals surface area contributed by atoms with Crippen molar-refractivity contribution in [3.05, 3.63) is 39.6 Å². The highest BCUT2D eigenvalue weighted by Gasteiger charge is 2.14. The number of hydrogen-bond acceptors (Lipinski definition) is 4. The number of nitrogens with one attached hydrogen (secondary N) is 1. The highest BCUT2D eigenvalue weighted by Crippen LogP contribution is 2.00. The standard InChI is InChI=1S/C8H9IN4O2/c1-15-7(3-2-4-9)8(10)13-11-5-6-12(13)14/h2-6,10H,1H3/b4-2-,7-3+,10-8?. The first kappa shape index (κ1) is 11.7. The average molecular weight is 320 g/mol. The lowest BCUT2D eigenvalue weighted by molar-refractivity contribution is -0.684. The maximum Gasteiger partial charge on any atom is 0.252 e. The van der Waals surface area contributed by atoms with Gasteiger partial charge in [0.2, 0.25) is 6.20 Å². The van der Waals surface area contributed by atoms with Gasteiger partial charge in [0.1, 0.15) is 0 Å². The normalized spacial score (nSPS) is 12.0. The Morgan fingerprint density at radius 2 is 2.47 bits per heavy atom. The molecular formula is C8H9IN4O2. The Balaban J connectivity index is 2.97. The first-order valence-electron chi connectivity index (χ1n) is 3.94. The minimum Gasteiger partial charge on any atom is -0.692 e. The molecule has 1 aromatic rings. The van der Waals surface area contributed by atoms with Crippen LogP contribution in [0.2, 0.25) is 0 Å². The highest BCUT2D eigenvalue weighted by molar-refractivity contribution is 14.1. The third-order valence-corrected chi connectivity index (χ3v) is 1.95. The summed E-state index contributed by atoms with van der Waals surface area (Å²) in [6, 6.07) is 0. The Bertz CT molecular complexity index is 411. The smallest absolute Gasteiger partial charge is 0.252 e. The van der Waals surface area contributed by atoms with E-state index in [1.165, 1.54) is 19.5 Å². The van der Waals surface area contributed by atoms with E-state index in [0.29, 0.717) is 4.85 Å². The van der Waals surface area contributed by atoms with E-state index in [9.17, 15) is 5.21 Å². The average Bonchev–Trinajstić information content (AvgIpc) is 2.65. The van der Waals surface area contributed by atoms with Gasteiger partial charge in [-0.3, -0.25) is 5.41 Å². The van der Waals surface area contributed by atoms with Crippen molar-refractivity contribution in [3.8, 4) is 0 Å². The largest absolute Gasteiger partial charge is 0.692 e. The minimum absolute atomic E-state index is 0.119. The van der Waals surface area contributed by atoms with Gasteiger partial charge < -0.3 is 9.94 Å². The van der Waals surface area contributed by atoms with Crippen LogP contribution in [0.3, 0.4) is 0 Å². The molecule has 1 N–H and O–H groups in total. The number of rotatable bonds is 3.